The largest absolute Gasteiger partial charge is 0.357 e. The van der Waals surface area contributed by atoms with E-state index in [-0.39, 0.29) is 24.0 Å². The molecule has 6 nitrogen and oxygen atoms in total. The van der Waals surface area contributed by atoms with Crippen LogP contribution in [0.15, 0.2) is 4.99 Å². The molecular formula is C15H27IN6. The van der Waals surface area contributed by atoms with Crippen molar-refractivity contribution in [3.05, 3.63) is 11.6 Å². The Morgan fingerprint density at radius 1 is 1.32 bits per heavy atom. The van der Waals surface area contributed by atoms with Gasteiger partial charge in [-0.1, -0.05) is 0 Å². The van der Waals surface area contributed by atoms with Gasteiger partial charge in [-0.2, -0.15) is 0 Å². The van der Waals surface area contributed by atoms with E-state index in [1.165, 1.54) is 19.3 Å². The van der Waals surface area contributed by atoms with Crippen molar-refractivity contribution in [1.82, 2.24) is 25.0 Å². The highest BCUT2D eigenvalue weighted by atomic mass is 127. The molecule has 0 amide bonds. The minimum absolute atomic E-state index is 0. The van der Waals surface area contributed by atoms with E-state index in [4.69, 9.17) is 4.99 Å². The number of likely N-dealkylation sites (tertiary alicyclic amines) is 1. The molecule has 1 aromatic rings. The smallest absolute Gasteiger partial charge is 0.193 e. The molecule has 7 heteroatoms. The minimum Gasteiger partial charge on any atom is -0.357 e. The maximum absolute atomic E-state index is 4.88. The Labute approximate surface area is 149 Å². The van der Waals surface area contributed by atoms with Gasteiger partial charge in [-0.05, 0) is 39.0 Å². The lowest BCUT2D eigenvalue weighted by atomic mass is 9.99. The molecule has 1 saturated heterocycles. The van der Waals surface area contributed by atoms with Gasteiger partial charge in [-0.15, -0.1) is 34.2 Å². The van der Waals surface area contributed by atoms with Gasteiger partial charge in [-0.25, -0.2) is 0 Å². The first-order chi connectivity index (χ1) is 10.3. The lowest BCUT2D eigenvalue weighted by molar-refractivity contribution is 0.367. The Hall–Kier alpha value is -0.860. The number of aliphatic imine (C=N–C) groups is 1. The molecule has 0 spiro atoms. The van der Waals surface area contributed by atoms with Crippen LogP contribution in [-0.2, 0) is 13.0 Å². The predicted octanol–water partition coefficient (Wildman–Crippen LogP) is 1.83. The summed E-state index contributed by atoms with van der Waals surface area (Å²) in [6.45, 7) is 9.31. The number of fused-ring (bicyclic) bond motifs is 1. The van der Waals surface area contributed by atoms with Crippen LogP contribution >= 0.6 is 24.0 Å². The molecule has 124 valence electrons. The Bertz CT molecular complexity index is 506. The van der Waals surface area contributed by atoms with Gasteiger partial charge in [0.15, 0.2) is 5.96 Å². The summed E-state index contributed by atoms with van der Waals surface area (Å²) in [6, 6.07) is 0. The van der Waals surface area contributed by atoms with E-state index in [1.54, 1.807) is 0 Å². The number of rotatable bonds is 3. The number of hydrogen-bond donors (Lipinski definition) is 1. The quantitative estimate of drug-likeness (QED) is 0.463. The zero-order chi connectivity index (χ0) is 14.7. The number of guanidine groups is 1. The number of aromatic nitrogens is 3. The van der Waals surface area contributed by atoms with Crippen LogP contribution in [0.25, 0.3) is 0 Å². The number of nitrogens with one attached hydrogen (secondary N) is 1. The van der Waals surface area contributed by atoms with Crippen LogP contribution in [0.5, 0.6) is 0 Å². The number of halogens is 1. The fourth-order valence-electron chi connectivity index (χ4n) is 3.25. The third-order valence-electron chi connectivity index (χ3n) is 4.47. The Morgan fingerprint density at radius 2 is 2.09 bits per heavy atom. The molecule has 3 rings (SSSR count). The molecule has 1 N–H and O–H groups in total. The molecule has 1 atom stereocenters. The van der Waals surface area contributed by atoms with E-state index in [0.29, 0.717) is 5.92 Å². The second-order valence-corrected chi connectivity index (χ2v) is 6.07. The first kappa shape index (κ1) is 17.5. The summed E-state index contributed by atoms with van der Waals surface area (Å²) in [5.74, 6) is 3.87. The van der Waals surface area contributed by atoms with Gasteiger partial charge in [0.1, 0.15) is 11.6 Å². The Balaban J connectivity index is 0.00000176. The van der Waals surface area contributed by atoms with Crippen LogP contribution < -0.4 is 5.32 Å². The van der Waals surface area contributed by atoms with Crippen LogP contribution in [0.4, 0.5) is 0 Å². The number of aryl methyl sites for hydroxylation is 2. The van der Waals surface area contributed by atoms with E-state index in [0.717, 1.165) is 56.8 Å². The number of hydrogen-bond acceptors (Lipinski definition) is 3. The van der Waals surface area contributed by atoms with E-state index >= 15 is 0 Å². The highest BCUT2D eigenvalue weighted by molar-refractivity contribution is 14.0. The first-order valence-electron chi connectivity index (χ1n) is 8.20. The Morgan fingerprint density at radius 3 is 2.82 bits per heavy atom. The summed E-state index contributed by atoms with van der Waals surface area (Å²) < 4.78 is 2.26. The second kappa shape index (κ2) is 8.12. The summed E-state index contributed by atoms with van der Waals surface area (Å²) in [5, 5.41) is 11.8. The highest BCUT2D eigenvalue weighted by Gasteiger charge is 2.22. The maximum Gasteiger partial charge on any atom is 0.193 e. The fraction of sp³-hybridized carbons (Fsp3) is 0.800. The van der Waals surface area contributed by atoms with Gasteiger partial charge >= 0.3 is 0 Å². The van der Waals surface area contributed by atoms with Crippen LogP contribution in [0.3, 0.4) is 0 Å². The molecule has 2 aliphatic heterocycles. The average molecular weight is 418 g/mol. The molecule has 22 heavy (non-hydrogen) atoms. The van der Waals surface area contributed by atoms with Crippen molar-refractivity contribution in [3.8, 4) is 0 Å². The molecule has 1 fully saturated rings. The zero-order valence-electron chi connectivity index (χ0n) is 13.6. The molecule has 1 aromatic heterocycles. The third kappa shape index (κ3) is 3.91. The molecule has 0 aromatic carbocycles. The van der Waals surface area contributed by atoms with Crippen LogP contribution in [-0.4, -0.2) is 51.8 Å². The van der Waals surface area contributed by atoms with Crippen molar-refractivity contribution in [2.75, 3.05) is 26.2 Å². The van der Waals surface area contributed by atoms with Gasteiger partial charge in [-0.3, -0.25) is 4.99 Å². The van der Waals surface area contributed by atoms with Gasteiger partial charge < -0.3 is 14.8 Å². The highest BCUT2D eigenvalue weighted by Crippen LogP contribution is 2.20. The van der Waals surface area contributed by atoms with Crippen molar-refractivity contribution in [2.45, 2.75) is 46.1 Å². The summed E-state index contributed by atoms with van der Waals surface area (Å²) in [4.78, 5) is 7.27. The predicted molar refractivity (Wildman–Crippen MR) is 98.8 cm³/mol. The molecule has 0 saturated carbocycles. The summed E-state index contributed by atoms with van der Waals surface area (Å²) in [7, 11) is 0. The molecule has 0 aliphatic carbocycles. The topological polar surface area (TPSA) is 58.3 Å². The second-order valence-electron chi connectivity index (χ2n) is 6.07. The van der Waals surface area contributed by atoms with E-state index in [2.05, 4.69) is 31.9 Å². The summed E-state index contributed by atoms with van der Waals surface area (Å²) in [6.07, 6.45) is 4.77. The van der Waals surface area contributed by atoms with Crippen molar-refractivity contribution >= 4 is 29.9 Å². The summed E-state index contributed by atoms with van der Waals surface area (Å²) >= 11 is 0. The van der Waals surface area contributed by atoms with Crippen LogP contribution in [0, 0.1) is 12.8 Å². The Kier molecular flexibility index (Phi) is 6.46. The van der Waals surface area contributed by atoms with Gasteiger partial charge in [0.25, 0.3) is 0 Å². The van der Waals surface area contributed by atoms with E-state index < -0.39 is 0 Å². The van der Waals surface area contributed by atoms with Gasteiger partial charge in [0.05, 0.1) is 0 Å². The normalized spacial score (nSPS) is 21.5. The molecule has 1 unspecified atom stereocenters. The van der Waals surface area contributed by atoms with Crippen molar-refractivity contribution in [2.24, 2.45) is 10.9 Å². The molecule has 0 bridgehead atoms. The monoisotopic (exact) mass is 418 g/mol. The number of nitrogens with zero attached hydrogens (tertiary/aromatic N) is 5. The van der Waals surface area contributed by atoms with Gasteiger partial charge in [0, 0.05) is 39.1 Å². The molecule has 3 heterocycles. The van der Waals surface area contributed by atoms with Crippen LogP contribution in [0.1, 0.15) is 37.8 Å². The third-order valence-corrected chi connectivity index (χ3v) is 4.47. The summed E-state index contributed by atoms with van der Waals surface area (Å²) in [5.41, 5.74) is 0. The van der Waals surface area contributed by atoms with Crippen molar-refractivity contribution in [1.29, 1.82) is 0 Å². The fourth-order valence-corrected chi connectivity index (χ4v) is 3.25. The lowest BCUT2D eigenvalue weighted by Gasteiger charge is -2.25. The van der Waals surface area contributed by atoms with Gasteiger partial charge in [0.2, 0.25) is 0 Å². The average Bonchev–Trinajstić information content (AvgIpc) is 3.14. The van der Waals surface area contributed by atoms with E-state index in [9.17, 15) is 0 Å². The standard InChI is InChI=1S/C15H26N6.HI/c1-3-16-15(20-8-4-5-9-20)17-10-13-6-7-14-19-18-12(2)21(14)11-13;/h13H,3-11H2,1-2H3,(H,16,17);1H. The lowest BCUT2D eigenvalue weighted by Crippen LogP contribution is -2.40. The first-order valence-corrected chi connectivity index (χ1v) is 8.20. The van der Waals surface area contributed by atoms with Crippen molar-refractivity contribution in [3.63, 3.8) is 0 Å². The SMILES string of the molecule is CCNC(=NCC1CCc2nnc(C)n2C1)N1CCCC1.I. The van der Waals surface area contributed by atoms with E-state index in [1.807, 2.05) is 6.92 Å². The van der Waals surface area contributed by atoms with Crippen LogP contribution in [0.2, 0.25) is 0 Å². The minimum atomic E-state index is 0. The maximum atomic E-state index is 4.88. The molecular weight excluding hydrogens is 391 g/mol. The van der Waals surface area contributed by atoms with Crippen molar-refractivity contribution < 1.29 is 0 Å². The zero-order valence-corrected chi connectivity index (χ0v) is 15.9. The molecule has 0 radical (unpaired) electrons. The molecule has 2 aliphatic rings.